The highest BCUT2D eigenvalue weighted by molar-refractivity contribution is 7.94. The van der Waals surface area contributed by atoms with Crippen molar-refractivity contribution in [2.75, 3.05) is 11.1 Å². The molecule has 0 radical (unpaired) electrons. The molecule has 1 aliphatic rings. The van der Waals surface area contributed by atoms with E-state index in [-0.39, 0.29) is 17.7 Å². The molecule has 5 nitrogen and oxygen atoms in total. The molecule has 2 heterocycles. The van der Waals surface area contributed by atoms with E-state index in [0.717, 1.165) is 5.56 Å². The van der Waals surface area contributed by atoms with Crippen LogP contribution < -0.4 is 5.32 Å². The van der Waals surface area contributed by atoms with Gasteiger partial charge in [0.15, 0.2) is 9.84 Å². The number of hydrogen-bond donors (Lipinski definition) is 1. The summed E-state index contributed by atoms with van der Waals surface area (Å²) in [6.45, 7) is 5.76. The monoisotopic (exact) mass is 301 g/mol. The highest BCUT2D eigenvalue weighted by Gasteiger charge is 2.23. The van der Waals surface area contributed by atoms with Crippen molar-refractivity contribution in [2.45, 2.75) is 32.7 Å². The van der Waals surface area contributed by atoms with Crippen molar-refractivity contribution in [1.82, 2.24) is 9.97 Å². The largest absolute Gasteiger partial charge is 0.362 e. The van der Waals surface area contributed by atoms with E-state index in [0.29, 0.717) is 16.8 Å². The van der Waals surface area contributed by atoms with Gasteiger partial charge < -0.3 is 5.32 Å². The molecule has 1 aliphatic heterocycles. The number of hydrogen-bond acceptors (Lipinski definition) is 5. The molecule has 0 spiro atoms. The van der Waals surface area contributed by atoms with E-state index >= 15 is 0 Å². The maximum atomic E-state index is 11.4. The van der Waals surface area contributed by atoms with Gasteiger partial charge in [0.25, 0.3) is 0 Å². The van der Waals surface area contributed by atoms with Gasteiger partial charge in [0.1, 0.15) is 16.8 Å². The van der Waals surface area contributed by atoms with Gasteiger partial charge in [0.2, 0.25) is 0 Å². The van der Waals surface area contributed by atoms with Crippen LogP contribution in [0.4, 0.5) is 5.82 Å². The van der Waals surface area contributed by atoms with Gasteiger partial charge >= 0.3 is 0 Å². The lowest BCUT2D eigenvalue weighted by Crippen LogP contribution is -2.22. The molecule has 0 aliphatic carbocycles. The highest BCUT2D eigenvalue weighted by Crippen LogP contribution is 2.24. The highest BCUT2D eigenvalue weighted by atomic mass is 35.5. The van der Waals surface area contributed by atoms with Crippen LogP contribution in [-0.4, -0.2) is 30.2 Å². The first-order valence-corrected chi connectivity index (χ1v) is 8.09. The fraction of sp³-hybridized carbons (Fsp3) is 0.500. The third kappa shape index (κ3) is 3.25. The first-order chi connectivity index (χ1) is 8.78. The molecule has 1 unspecified atom stereocenters. The summed E-state index contributed by atoms with van der Waals surface area (Å²) in [6, 6.07) is -0.269. The maximum Gasteiger partial charge on any atom is 0.173 e. The zero-order valence-corrected chi connectivity index (χ0v) is 12.6. The number of nitrogens with one attached hydrogen (secondary N) is 1. The summed E-state index contributed by atoms with van der Waals surface area (Å²) in [5, 5.41) is 4.72. The minimum absolute atomic E-state index is 0.0467. The van der Waals surface area contributed by atoms with E-state index in [2.05, 4.69) is 15.3 Å². The summed E-state index contributed by atoms with van der Waals surface area (Å²) in [5.41, 5.74) is 0.726. The van der Waals surface area contributed by atoms with Gasteiger partial charge in [-0.25, -0.2) is 18.4 Å². The zero-order chi connectivity index (χ0) is 14.2. The van der Waals surface area contributed by atoms with Gasteiger partial charge in [0, 0.05) is 16.9 Å². The van der Waals surface area contributed by atoms with Crippen molar-refractivity contribution >= 4 is 27.3 Å². The summed E-state index contributed by atoms with van der Waals surface area (Å²) >= 11 is 6.08. The maximum absolute atomic E-state index is 11.4. The number of rotatable bonds is 3. The number of aromatic nitrogens is 2. The van der Waals surface area contributed by atoms with Crippen LogP contribution >= 0.6 is 11.6 Å². The Morgan fingerprint density at radius 2 is 2.11 bits per heavy atom. The Labute approximate surface area is 118 Å². The molecule has 0 bridgehead atoms. The van der Waals surface area contributed by atoms with Crippen LogP contribution in [0, 0.1) is 6.92 Å². The fourth-order valence-electron chi connectivity index (χ4n) is 1.75. The SMILES string of the molecule is Cc1c(Cl)nc(C(C)C)nc1NC1C=CS(=O)(=O)C1. The van der Waals surface area contributed by atoms with Crippen LogP contribution in [0.2, 0.25) is 5.15 Å². The Hall–Kier alpha value is -1.14. The molecule has 19 heavy (non-hydrogen) atoms. The van der Waals surface area contributed by atoms with Gasteiger partial charge in [-0.05, 0) is 13.0 Å². The summed E-state index contributed by atoms with van der Waals surface area (Å²) in [5.74, 6) is 1.44. The minimum atomic E-state index is -3.08. The lowest BCUT2D eigenvalue weighted by Gasteiger charge is -2.15. The molecule has 7 heteroatoms. The van der Waals surface area contributed by atoms with E-state index < -0.39 is 9.84 Å². The van der Waals surface area contributed by atoms with Gasteiger partial charge in [-0.3, -0.25) is 0 Å². The predicted octanol–water partition coefficient (Wildman–Crippen LogP) is 2.28. The van der Waals surface area contributed by atoms with Crippen molar-refractivity contribution < 1.29 is 8.42 Å². The first kappa shape index (κ1) is 14.3. The lowest BCUT2D eigenvalue weighted by atomic mass is 10.2. The summed E-state index contributed by atoms with van der Waals surface area (Å²) in [7, 11) is -3.08. The van der Waals surface area contributed by atoms with E-state index in [1.54, 1.807) is 6.08 Å². The minimum Gasteiger partial charge on any atom is -0.362 e. The molecule has 1 atom stereocenters. The number of sulfone groups is 1. The number of anilines is 1. The Balaban J connectivity index is 2.28. The van der Waals surface area contributed by atoms with Crippen LogP contribution in [0.1, 0.15) is 31.2 Å². The standard InChI is InChI=1S/C12H16ClN3O2S/c1-7(2)11-15-10(13)8(3)12(16-11)14-9-4-5-19(17,18)6-9/h4-5,7,9H,6H2,1-3H3,(H,14,15,16). The van der Waals surface area contributed by atoms with Crippen LogP contribution in [-0.2, 0) is 9.84 Å². The fourth-order valence-corrected chi connectivity index (χ4v) is 3.16. The van der Waals surface area contributed by atoms with Crippen LogP contribution in [0.15, 0.2) is 11.5 Å². The van der Waals surface area contributed by atoms with Gasteiger partial charge in [0.05, 0.1) is 11.8 Å². The average Bonchev–Trinajstić information content (AvgIpc) is 2.64. The predicted molar refractivity (Wildman–Crippen MR) is 76.2 cm³/mol. The molecule has 1 aromatic heterocycles. The van der Waals surface area contributed by atoms with E-state index in [1.165, 1.54) is 5.41 Å². The van der Waals surface area contributed by atoms with E-state index in [4.69, 9.17) is 11.6 Å². The molecule has 1 N–H and O–H groups in total. The van der Waals surface area contributed by atoms with E-state index in [9.17, 15) is 8.42 Å². The normalized spacial score (nSPS) is 21.0. The number of halogens is 1. The topological polar surface area (TPSA) is 72.0 Å². The number of nitrogens with zero attached hydrogens (tertiary/aromatic N) is 2. The second-order valence-electron chi connectivity index (χ2n) is 4.91. The van der Waals surface area contributed by atoms with Crippen molar-refractivity contribution in [3.63, 3.8) is 0 Å². The van der Waals surface area contributed by atoms with Crippen LogP contribution in [0.3, 0.4) is 0 Å². The van der Waals surface area contributed by atoms with Crippen LogP contribution in [0.5, 0.6) is 0 Å². The third-order valence-electron chi connectivity index (χ3n) is 2.87. The van der Waals surface area contributed by atoms with Crippen molar-refractivity contribution in [3.8, 4) is 0 Å². The summed E-state index contributed by atoms with van der Waals surface area (Å²) in [6.07, 6.45) is 1.62. The van der Waals surface area contributed by atoms with Crippen molar-refractivity contribution in [2.24, 2.45) is 0 Å². The second kappa shape index (κ2) is 5.09. The van der Waals surface area contributed by atoms with E-state index in [1.807, 2.05) is 20.8 Å². The molecule has 0 amide bonds. The second-order valence-corrected chi connectivity index (χ2v) is 7.20. The zero-order valence-electron chi connectivity index (χ0n) is 11.0. The Morgan fingerprint density at radius 1 is 1.42 bits per heavy atom. The molecular formula is C12H16ClN3O2S. The lowest BCUT2D eigenvalue weighted by molar-refractivity contribution is 0.605. The van der Waals surface area contributed by atoms with Crippen molar-refractivity contribution in [1.29, 1.82) is 0 Å². The molecule has 0 aromatic carbocycles. The molecule has 0 fully saturated rings. The van der Waals surface area contributed by atoms with Crippen molar-refractivity contribution in [3.05, 3.63) is 28.0 Å². The Bertz CT molecular complexity index is 626. The first-order valence-electron chi connectivity index (χ1n) is 6.00. The third-order valence-corrected chi connectivity index (χ3v) is 4.64. The average molecular weight is 302 g/mol. The summed E-state index contributed by atoms with van der Waals surface area (Å²) < 4.78 is 22.7. The molecule has 1 aromatic rings. The molecular weight excluding hydrogens is 286 g/mol. The van der Waals surface area contributed by atoms with Crippen LogP contribution in [0.25, 0.3) is 0 Å². The Kier molecular flexibility index (Phi) is 3.82. The van der Waals surface area contributed by atoms with Gasteiger partial charge in [-0.2, -0.15) is 0 Å². The molecule has 2 rings (SSSR count). The van der Waals surface area contributed by atoms with Gasteiger partial charge in [-0.15, -0.1) is 0 Å². The van der Waals surface area contributed by atoms with Gasteiger partial charge in [-0.1, -0.05) is 25.4 Å². The summed E-state index contributed by atoms with van der Waals surface area (Å²) in [4.78, 5) is 8.62. The molecule has 104 valence electrons. The smallest absolute Gasteiger partial charge is 0.173 e. The molecule has 0 saturated heterocycles. The quantitative estimate of drug-likeness (QED) is 0.867. The molecule has 0 saturated carbocycles. The Morgan fingerprint density at radius 3 is 2.63 bits per heavy atom.